The summed E-state index contributed by atoms with van der Waals surface area (Å²) in [5, 5.41) is 0. The van der Waals surface area contributed by atoms with Gasteiger partial charge in [0.05, 0.1) is 7.11 Å². The topological polar surface area (TPSA) is 81.7 Å². The van der Waals surface area contributed by atoms with Crippen LogP contribution in [-0.4, -0.2) is 25.0 Å². The summed E-state index contributed by atoms with van der Waals surface area (Å²) in [6, 6.07) is 0. The molecule has 0 radical (unpaired) electrons. The summed E-state index contributed by atoms with van der Waals surface area (Å²) in [6.45, 7) is 2.02. The lowest BCUT2D eigenvalue weighted by Gasteiger charge is -2.03. The Balaban J connectivity index is 3.50. The number of hydrogen-bond acceptors (Lipinski definition) is 5. The fourth-order valence-electron chi connectivity index (χ4n) is 1.12. The van der Waals surface area contributed by atoms with Crippen molar-refractivity contribution in [3.8, 4) is 0 Å². The zero-order valence-electron chi connectivity index (χ0n) is 10.3. The Hall–Kier alpha value is -1.59. The van der Waals surface area contributed by atoms with Crippen molar-refractivity contribution < 1.29 is 24.0 Å². The monoisotopic (exact) mass is 245 g/mol. The van der Waals surface area contributed by atoms with Gasteiger partial charge in [-0.1, -0.05) is 13.3 Å². The zero-order chi connectivity index (χ0) is 13.1. The van der Waals surface area contributed by atoms with E-state index < -0.39 is 12.1 Å². The molecule has 1 N–H and O–H groups in total. The van der Waals surface area contributed by atoms with Gasteiger partial charge in [-0.05, 0) is 12.8 Å². The van der Waals surface area contributed by atoms with Gasteiger partial charge in [0.1, 0.15) is 5.78 Å². The van der Waals surface area contributed by atoms with Gasteiger partial charge in [0.2, 0.25) is 0 Å². The lowest BCUT2D eigenvalue weighted by molar-refractivity contribution is -0.149. The number of hydroxylamine groups is 1. The summed E-state index contributed by atoms with van der Waals surface area (Å²) >= 11 is 0. The van der Waals surface area contributed by atoms with E-state index >= 15 is 0 Å². The highest BCUT2D eigenvalue weighted by molar-refractivity contribution is 5.79. The fraction of sp³-hybridized carbons (Fsp3) is 0.727. The molecule has 0 aromatic heterocycles. The molecule has 0 aliphatic rings. The number of carbonyl (C=O) groups excluding carboxylic acids is 3. The van der Waals surface area contributed by atoms with E-state index in [9.17, 15) is 14.4 Å². The first-order valence-electron chi connectivity index (χ1n) is 5.65. The minimum atomic E-state index is -0.836. The van der Waals surface area contributed by atoms with Crippen LogP contribution >= 0.6 is 0 Å². The molecule has 17 heavy (non-hydrogen) atoms. The molecule has 0 rings (SSSR count). The van der Waals surface area contributed by atoms with Gasteiger partial charge in [-0.25, -0.2) is 9.59 Å². The number of hydrogen-bond donors (Lipinski definition) is 1. The van der Waals surface area contributed by atoms with Gasteiger partial charge < -0.3 is 9.57 Å². The van der Waals surface area contributed by atoms with Gasteiger partial charge in [-0.2, -0.15) is 0 Å². The van der Waals surface area contributed by atoms with Crippen molar-refractivity contribution in [1.82, 2.24) is 5.48 Å². The molecule has 1 amide bonds. The number of Topliss-reactive ketones (excluding diaryl/α,β-unsaturated/α-hetero) is 1. The van der Waals surface area contributed by atoms with Crippen LogP contribution < -0.4 is 5.48 Å². The van der Waals surface area contributed by atoms with Crippen LogP contribution in [0.5, 0.6) is 0 Å². The fourth-order valence-corrected chi connectivity index (χ4v) is 1.12. The first-order valence-corrected chi connectivity index (χ1v) is 5.65. The molecule has 0 heterocycles. The largest absolute Gasteiger partial charge is 0.451 e. The number of unbranched alkanes of at least 4 members (excludes halogenated alkanes) is 1. The van der Waals surface area contributed by atoms with E-state index in [1.165, 1.54) is 0 Å². The average molecular weight is 245 g/mol. The van der Waals surface area contributed by atoms with Gasteiger partial charge in [0.15, 0.2) is 0 Å². The predicted molar refractivity (Wildman–Crippen MR) is 60.0 cm³/mol. The standard InChI is InChI=1S/C11H19NO5/c1-3-4-6-9(13)7-5-8-10(14)17-12-11(15)16-2/h3-8H2,1-2H3,(H,12,15). The first kappa shape index (κ1) is 15.4. The third-order valence-corrected chi connectivity index (χ3v) is 2.08. The second-order valence-electron chi connectivity index (χ2n) is 3.56. The predicted octanol–water partition coefficient (Wildman–Crippen LogP) is 1.73. The quantitative estimate of drug-likeness (QED) is 0.691. The van der Waals surface area contributed by atoms with E-state index in [0.29, 0.717) is 19.3 Å². The van der Waals surface area contributed by atoms with Crippen LogP contribution in [0.1, 0.15) is 45.4 Å². The molecular formula is C11H19NO5. The normalized spacial score (nSPS) is 9.53. The van der Waals surface area contributed by atoms with E-state index in [-0.39, 0.29) is 12.2 Å². The minimum Gasteiger partial charge on any atom is -0.451 e. The highest BCUT2D eigenvalue weighted by atomic mass is 16.7. The summed E-state index contributed by atoms with van der Waals surface area (Å²) in [5.41, 5.74) is 1.81. The number of rotatable bonds is 7. The van der Waals surface area contributed by atoms with Gasteiger partial charge >= 0.3 is 12.1 Å². The van der Waals surface area contributed by atoms with E-state index in [2.05, 4.69) is 9.57 Å². The van der Waals surface area contributed by atoms with Crippen LogP contribution in [0.2, 0.25) is 0 Å². The minimum absolute atomic E-state index is 0.0991. The Morgan fingerprint density at radius 1 is 1.06 bits per heavy atom. The number of amides is 1. The van der Waals surface area contributed by atoms with Crippen molar-refractivity contribution in [2.45, 2.75) is 45.4 Å². The van der Waals surface area contributed by atoms with Crippen LogP contribution in [0, 0.1) is 0 Å². The Bertz CT molecular complexity index is 265. The Morgan fingerprint density at radius 2 is 1.71 bits per heavy atom. The molecule has 0 atom stereocenters. The highest BCUT2D eigenvalue weighted by Crippen LogP contribution is 2.03. The van der Waals surface area contributed by atoms with Crippen LogP contribution in [0.25, 0.3) is 0 Å². The van der Waals surface area contributed by atoms with Crippen molar-refractivity contribution in [2.24, 2.45) is 0 Å². The summed E-state index contributed by atoms with van der Waals surface area (Å²) in [5.74, 6) is -0.431. The highest BCUT2D eigenvalue weighted by Gasteiger charge is 2.08. The van der Waals surface area contributed by atoms with E-state index in [1.807, 2.05) is 12.4 Å². The molecule has 6 nitrogen and oxygen atoms in total. The van der Waals surface area contributed by atoms with Crippen molar-refractivity contribution in [3.63, 3.8) is 0 Å². The Labute approximate surface area is 101 Å². The maximum absolute atomic E-state index is 11.3. The van der Waals surface area contributed by atoms with Crippen molar-refractivity contribution in [3.05, 3.63) is 0 Å². The van der Waals surface area contributed by atoms with E-state index in [0.717, 1.165) is 20.0 Å². The smallest absolute Gasteiger partial charge is 0.440 e. The molecular weight excluding hydrogens is 226 g/mol. The van der Waals surface area contributed by atoms with Gasteiger partial charge in [0.25, 0.3) is 0 Å². The molecule has 0 fully saturated rings. The number of methoxy groups -OCH3 is 1. The zero-order valence-corrected chi connectivity index (χ0v) is 10.3. The molecule has 0 aromatic rings. The molecule has 0 saturated heterocycles. The Morgan fingerprint density at radius 3 is 2.29 bits per heavy atom. The van der Waals surface area contributed by atoms with Crippen LogP contribution in [0.3, 0.4) is 0 Å². The maximum Gasteiger partial charge on any atom is 0.440 e. The van der Waals surface area contributed by atoms with Gasteiger partial charge in [-0.3, -0.25) is 4.79 Å². The molecule has 0 saturated carbocycles. The first-order chi connectivity index (χ1) is 8.10. The third kappa shape index (κ3) is 9.35. The number of ketones is 1. The number of ether oxygens (including phenoxy) is 1. The lowest BCUT2D eigenvalue weighted by atomic mass is 10.1. The maximum atomic E-state index is 11.3. The third-order valence-electron chi connectivity index (χ3n) is 2.08. The molecule has 0 aliphatic heterocycles. The molecule has 0 aromatic carbocycles. The molecule has 0 spiro atoms. The molecule has 98 valence electrons. The molecule has 6 heteroatoms. The Kier molecular flexibility index (Phi) is 8.72. The second-order valence-corrected chi connectivity index (χ2v) is 3.56. The molecule has 0 aliphatic carbocycles. The second kappa shape index (κ2) is 9.62. The summed E-state index contributed by atoms with van der Waals surface area (Å²) in [7, 11) is 1.16. The SMILES string of the molecule is CCCCC(=O)CCCC(=O)ONC(=O)OC. The average Bonchev–Trinajstić information content (AvgIpc) is 2.33. The van der Waals surface area contributed by atoms with Crippen molar-refractivity contribution in [1.29, 1.82) is 0 Å². The van der Waals surface area contributed by atoms with Gasteiger partial charge in [-0.15, -0.1) is 5.48 Å². The van der Waals surface area contributed by atoms with Crippen molar-refractivity contribution >= 4 is 17.8 Å². The molecule has 0 unspecified atom stereocenters. The van der Waals surface area contributed by atoms with Gasteiger partial charge in [0, 0.05) is 19.3 Å². The molecule has 0 bridgehead atoms. The lowest BCUT2D eigenvalue weighted by Crippen LogP contribution is -2.26. The number of nitrogens with one attached hydrogen (secondary N) is 1. The summed E-state index contributed by atoms with van der Waals surface area (Å²) < 4.78 is 4.21. The van der Waals surface area contributed by atoms with Crippen LogP contribution in [0.4, 0.5) is 4.79 Å². The van der Waals surface area contributed by atoms with E-state index in [1.54, 1.807) is 0 Å². The summed E-state index contributed by atoms with van der Waals surface area (Å²) in [6.07, 6.45) is 2.49. The summed E-state index contributed by atoms with van der Waals surface area (Å²) in [4.78, 5) is 37.2. The van der Waals surface area contributed by atoms with E-state index in [4.69, 9.17) is 0 Å². The van der Waals surface area contributed by atoms with Crippen LogP contribution in [-0.2, 0) is 19.2 Å². The van der Waals surface area contributed by atoms with Crippen molar-refractivity contribution in [2.75, 3.05) is 7.11 Å². The van der Waals surface area contributed by atoms with Crippen LogP contribution in [0.15, 0.2) is 0 Å². The number of carbonyl (C=O) groups is 3.